The zero-order valence-corrected chi connectivity index (χ0v) is 8.33. The molecule has 1 aliphatic carbocycles. The third-order valence-electron chi connectivity index (χ3n) is 2.80. The molecule has 1 aliphatic rings. The number of hydrogen-bond acceptors (Lipinski definition) is 2. The Bertz CT molecular complexity index is 198. The van der Waals surface area contributed by atoms with Crippen LogP contribution in [0, 0.1) is 11.8 Å². The van der Waals surface area contributed by atoms with Crippen LogP contribution < -0.4 is 5.73 Å². The van der Waals surface area contributed by atoms with E-state index in [0.717, 1.165) is 25.7 Å². The van der Waals surface area contributed by atoms with E-state index in [9.17, 15) is 4.79 Å². The molecule has 2 nitrogen and oxygen atoms in total. The van der Waals surface area contributed by atoms with Gasteiger partial charge in [-0.05, 0) is 45.1 Å². The fraction of sp³-hybridized carbons (Fsp3) is 0.727. The minimum Gasteiger partial charge on any atom is -0.330 e. The molecule has 0 spiro atoms. The maximum atomic E-state index is 11.3. The second-order valence-corrected chi connectivity index (χ2v) is 3.90. The third-order valence-corrected chi connectivity index (χ3v) is 2.80. The standard InChI is InChI=1S/C11H19NO/c1-9(13)11-6-4-2-3-5-10(7-11)8-12/h3,5,10-11H,2,4,6-8,12H2,1H3/b5-3+. The summed E-state index contributed by atoms with van der Waals surface area (Å²) in [5.41, 5.74) is 5.62. The van der Waals surface area contributed by atoms with E-state index in [2.05, 4.69) is 12.2 Å². The molecule has 0 aromatic carbocycles. The van der Waals surface area contributed by atoms with Crippen LogP contribution in [-0.4, -0.2) is 12.3 Å². The molecule has 2 heteroatoms. The molecule has 2 unspecified atom stereocenters. The highest BCUT2D eigenvalue weighted by Crippen LogP contribution is 2.22. The Balaban J connectivity index is 2.57. The lowest BCUT2D eigenvalue weighted by Crippen LogP contribution is -2.21. The van der Waals surface area contributed by atoms with Gasteiger partial charge in [0.05, 0.1) is 0 Å². The minimum absolute atomic E-state index is 0.249. The topological polar surface area (TPSA) is 43.1 Å². The van der Waals surface area contributed by atoms with Gasteiger partial charge in [-0.3, -0.25) is 4.79 Å². The molecule has 0 aromatic heterocycles. The number of carbonyl (C=O) groups excluding carboxylic acids is 1. The van der Waals surface area contributed by atoms with Crippen molar-refractivity contribution in [2.45, 2.75) is 32.6 Å². The summed E-state index contributed by atoms with van der Waals surface area (Å²) in [5, 5.41) is 0. The largest absolute Gasteiger partial charge is 0.330 e. The number of ketones is 1. The molecule has 1 rings (SSSR count). The lowest BCUT2D eigenvalue weighted by molar-refractivity contribution is -0.121. The van der Waals surface area contributed by atoms with Crippen molar-refractivity contribution in [1.82, 2.24) is 0 Å². The van der Waals surface area contributed by atoms with Crippen molar-refractivity contribution in [3.05, 3.63) is 12.2 Å². The van der Waals surface area contributed by atoms with Crippen LogP contribution in [0.1, 0.15) is 32.6 Å². The fourth-order valence-electron chi connectivity index (χ4n) is 1.88. The predicted octanol–water partition coefficient (Wildman–Crippen LogP) is 1.90. The van der Waals surface area contributed by atoms with Gasteiger partial charge in [-0.1, -0.05) is 12.2 Å². The average molecular weight is 181 g/mol. The van der Waals surface area contributed by atoms with E-state index < -0.39 is 0 Å². The van der Waals surface area contributed by atoms with Gasteiger partial charge in [-0.25, -0.2) is 0 Å². The molecule has 2 atom stereocenters. The van der Waals surface area contributed by atoms with Crippen LogP contribution in [0.2, 0.25) is 0 Å². The van der Waals surface area contributed by atoms with Crippen molar-refractivity contribution in [3.8, 4) is 0 Å². The van der Waals surface area contributed by atoms with Gasteiger partial charge >= 0.3 is 0 Å². The van der Waals surface area contributed by atoms with E-state index in [4.69, 9.17) is 5.73 Å². The van der Waals surface area contributed by atoms with Crippen molar-refractivity contribution in [1.29, 1.82) is 0 Å². The van der Waals surface area contributed by atoms with Crippen LogP contribution in [0.4, 0.5) is 0 Å². The Morgan fingerprint density at radius 1 is 1.62 bits per heavy atom. The summed E-state index contributed by atoms with van der Waals surface area (Å²) in [7, 11) is 0. The maximum absolute atomic E-state index is 11.3. The van der Waals surface area contributed by atoms with Crippen LogP contribution >= 0.6 is 0 Å². The molecule has 13 heavy (non-hydrogen) atoms. The minimum atomic E-state index is 0.249. The number of Topliss-reactive ketones (excluding diaryl/α,β-unsaturated/α-hetero) is 1. The first kappa shape index (κ1) is 10.5. The fourth-order valence-corrected chi connectivity index (χ4v) is 1.88. The van der Waals surface area contributed by atoms with Crippen LogP contribution in [0.15, 0.2) is 12.2 Å². The van der Waals surface area contributed by atoms with Gasteiger partial charge in [-0.2, -0.15) is 0 Å². The van der Waals surface area contributed by atoms with Gasteiger partial charge in [0.25, 0.3) is 0 Å². The smallest absolute Gasteiger partial charge is 0.132 e. The molecule has 0 radical (unpaired) electrons. The zero-order chi connectivity index (χ0) is 9.68. The molecule has 0 heterocycles. The molecular weight excluding hydrogens is 162 g/mol. The SMILES string of the molecule is CC(=O)C1CCC/C=C/C(CN)C1. The Hall–Kier alpha value is -0.630. The summed E-state index contributed by atoms with van der Waals surface area (Å²) in [6.45, 7) is 2.36. The van der Waals surface area contributed by atoms with Crippen LogP contribution in [-0.2, 0) is 4.79 Å². The van der Waals surface area contributed by atoms with E-state index in [1.807, 2.05) is 0 Å². The van der Waals surface area contributed by atoms with Crippen molar-refractivity contribution < 1.29 is 4.79 Å². The van der Waals surface area contributed by atoms with Crippen molar-refractivity contribution in [2.75, 3.05) is 6.54 Å². The van der Waals surface area contributed by atoms with Gasteiger partial charge in [-0.15, -0.1) is 0 Å². The second kappa shape index (κ2) is 5.18. The number of rotatable bonds is 2. The highest BCUT2D eigenvalue weighted by Gasteiger charge is 2.18. The summed E-state index contributed by atoms with van der Waals surface area (Å²) >= 11 is 0. The van der Waals surface area contributed by atoms with Crippen LogP contribution in [0.5, 0.6) is 0 Å². The quantitative estimate of drug-likeness (QED) is 0.661. The first-order chi connectivity index (χ1) is 6.24. The monoisotopic (exact) mass is 181 g/mol. The molecule has 0 fully saturated rings. The first-order valence-corrected chi connectivity index (χ1v) is 5.11. The van der Waals surface area contributed by atoms with E-state index in [1.165, 1.54) is 0 Å². The molecule has 0 aromatic rings. The van der Waals surface area contributed by atoms with Crippen molar-refractivity contribution in [2.24, 2.45) is 17.6 Å². The molecule has 0 bridgehead atoms. The highest BCUT2D eigenvalue weighted by atomic mass is 16.1. The van der Waals surface area contributed by atoms with Gasteiger partial charge in [0.15, 0.2) is 0 Å². The second-order valence-electron chi connectivity index (χ2n) is 3.90. The summed E-state index contributed by atoms with van der Waals surface area (Å²) in [4.78, 5) is 11.3. The Morgan fingerprint density at radius 2 is 2.38 bits per heavy atom. The van der Waals surface area contributed by atoms with Crippen molar-refractivity contribution >= 4 is 5.78 Å². The van der Waals surface area contributed by atoms with E-state index in [-0.39, 0.29) is 5.92 Å². The Kier molecular flexibility index (Phi) is 4.16. The lowest BCUT2D eigenvalue weighted by Gasteiger charge is -2.20. The summed E-state index contributed by atoms with van der Waals surface area (Å²) < 4.78 is 0. The highest BCUT2D eigenvalue weighted by molar-refractivity contribution is 5.78. The maximum Gasteiger partial charge on any atom is 0.132 e. The molecule has 0 saturated heterocycles. The third kappa shape index (κ3) is 3.31. The summed E-state index contributed by atoms with van der Waals surface area (Å²) in [6, 6.07) is 0. The number of hydrogen-bond donors (Lipinski definition) is 1. The molecule has 74 valence electrons. The van der Waals surface area contributed by atoms with Gasteiger partial charge in [0, 0.05) is 5.92 Å². The molecule has 0 saturated carbocycles. The number of carbonyl (C=O) groups is 1. The van der Waals surface area contributed by atoms with E-state index >= 15 is 0 Å². The average Bonchev–Trinajstić information content (AvgIpc) is 2.03. The summed E-state index contributed by atoms with van der Waals surface area (Å²) in [6.07, 6.45) is 8.60. The number of allylic oxidation sites excluding steroid dienone is 1. The summed E-state index contributed by atoms with van der Waals surface area (Å²) in [5.74, 6) is 0.987. The Morgan fingerprint density at radius 3 is 3.00 bits per heavy atom. The van der Waals surface area contributed by atoms with E-state index in [1.54, 1.807) is 6.92 Å². The van der Waals surface area contributed by atoms with Crippen LogP contribution in [0.3, 0.4) is 0 Å². The molecular formula is C11H19NO. The Labute approximate surface area is 80.2 Å². The van der Waals surface area contributed by atoms with Crippen molar-refractivity contribution in [3.63, 3.8) is 0 Å². The van der Waals surface area contributed by atoms with Gasteiger partial charge in [0.2, 0.25) is 0 Å². The van der Waals surface area contributed by atoms with Gasteiger partial charge < -0.3 is 5.73 Å². The molecule has 0 aliphatic heterocycles. The van der Waals surface area contributed by atoms with E-state index in [0.29, 0.717) is 18.2 Å². The molecule has 0 amide bonds. The zero-order valence-electron chi connectivity index (χ0n) is 8.33. The number of nitrogens with two attached hydrogens (primary N) is 1. The first-order valence-electron chi connectivity index (χ1n) is 5.11. The normalized spacial score (nSPS) is 31.8. The van der Waals surface area contributed by atoms with Crippen LogP contribution in [0.25, 0.3) is 0 Å². The lowest BCUT2D eigenvalue weighted by atomic mass is 9.85. The molecule has 2 N–H and O–H groups in total. The predicted molar refractivity (Wildman–Crippen MR) is 54.3 cm³/mol. The van der Waals surface area contributed by atoms with Gasteiger partial charge in [0.1, 0.15) is 5.78 Å².